The second-order valence-corrected chi connectivity index (χ2v) is 6.36. The van der Waals surface area contributed by atoms with E-state index in [0.29, 0.717) is 12.6 Å². The van der Waals surface area contributed by atoms with Crippen LogP contribution < -0.4 is 10.1 Å². The molecule has 0 radical (unpaired) electrons. The molecule has 0 saturated heterocycles. The van der Waals surface area contributed by atoms with E-state index in [-0.39, 0.29) is 0 Å². The van der Waals surface area contributed by atoms with Crippen molar-refractivity contribution in [2.45, 2.75) is 40.3 Å². The van der Waals surface area contributed by atoms with Gasteiger partial charge in [0, 0.05) is 10.9 Å². The standard InChI is InChI=1S/C16H22N2OS/c1-10-8-14(12(3)17-5)6-7-15(10)19-9-16-18-11(2)13(4)20-16/h6-8,12,17H,9H2,1-5H3. The molecule has 1 aromatic carbocycles. The normalized spacial score (nSPS) is 12.4. The van der Waals surface area contributed by atoms with Gasteiger partial charge in [0.25, 0.3) is 0 Å². The number of benzene rings is 1. The van der Waals surface area contributed by atoms with Crippen molar-refractivity contribution >= 4 is 11.3 Å². The third kappa shape index (κ3) is 3.38. The molecular formula is C16H22N2OS. The molecule has 0 aliphatic rings. The minimum Gasteiger partial charge on any atom is -0.486 e. The number of hydrogen-bond acceptors (Lipinski definition) is 4. The molecule has 3 nitrogen and oxygen atoms in total. The SMILES string of the molecule is CNC(C)c1ccc(OCc2nc(C)c(C)s2)c(C)c1. The van der Waals surface area contributed by atoms with Crippen molar-refractivity contribution in [1.29, 1.82) is 0 Å². The zero-order chi connectivity index (χ0) is 14.7. The first-order valence-electron chi connectivity index (χ1n) is 6.84. The van der Waals surface area contributed by atoms with Crippen LogP contribution in [0.3, 0.4) is 0 Å². The molecule has 1 atom stereocenters. The lowest BCUT2D eigenvalue weighted by atomic mass is 10.1. The Hall–Kier alpha value is -1.39. The van der Waals surface area contributed by atoms with E-state index in [2.05, 4.69) is 43.2 Å². The average Bonchev–Trinajstić information content (AvgIpc) is 2.75. The van der Waals surface area contributed by atoms with Gasteiger partial charge >= 0.3 is 0 Å². The van der Waals surface area contributed by atoms with Crippen LogP contribution in [0.5, 0.6) is 5.75 Å². The van der Waals surface area contributed by atoms with Crippen molar-refractivity contribution in [2.75, 3.05) is 7.05 Å². The monoisotopic (exact) mass is 290 g/mol. The maximum absolute atomic E-state index is 5.89. The van der Waals surface area contributed by atoms with E-state index in [0.717, 1.165) is 22.0 Å². The van der Waals surface area contributed by atoms with E-state index in [9.17, 15) is 0 Å². The third-order valence-corrected chi connectivity index (χ3v) is 4.60. The van der Waals surface area contributed by atoms with E-state index in [1.54, 1.807) is 11.3 Å². The Morgan fingerprint density at radius 3 is 2.60 bits per heavy atom. The lowest BCUT2D eigenvalue weighted by Gasteiger charge is -2.14. The van der Waals surface area contributed by atoms with Gasteiger partial charge in [0.15, 0.2) is 0 Å². The maximum Gasteiger partial charge on any atom is 0.140 e. The zero-order valence-corrected chi connectivity index (χ0v) is 13.6. The Bertz CT molecular complexity index is 573. The summed E-state index contributed by atoms with van der Waals surface area (Å²) in [6, 6.07) is 6.69. The third-order valence-electron chi connectivity index (χ3n) is 3.56. The van der Waals surface area contributed by atoms with E-state index in [4.69, 9.17) is 4.74 Å². The molecule has 108 valence electrons. The van der Waals surface area contributed by atoms with Crippen LogP contribution in [-0.2, 0) is 6.61 Å². The Morgan fingerprint density at radius 2 is 2.05 bits per heavy atom. The van der Waals surface area contributed by atoms with Gasteiger partial charge in [-0.05, 0) is 51.9 Å². The van der Waals surface area contributed by atoms with E-state index < -0.39 is 0 Å². The largest absolute Gasteiger partial charge is 0.486 e. The molecule has 0 aliphatic heterocycles. The van der Waals surface area contributed by atoms with Crippen LogP contribution in [0.1, 0.15) is 39.7 Å². The molecule has 20 heavy (non-hydrogen) atoms. The zero-order valence-electron chi connectivity index (χ0n) is 12.8. The minimum absolute atomic E-state index is 0.354. The Balaban J connectivity index is 2.06. The molecule has 1 aromatic heterocycles. The van der Waals surface area contributed by atoms with Gasteiger partial charge in [-0.2, -0.15) is 0 Å². The van der Waals surface area contributed by atoms with E-state index in [1.165, 1.54) is 10.4 Å². The number of rotatable bonds is 5. The first kappa shape index (κ1) is 15.0. The summed E-state index contributed by atoms with van der Waals surface area (Å²) in [6.45, 7) is 8.90. The van der Waals surface area contributed by atoms with Crippen molar-refractivity contribution in [3.63, 3.8) is 0 Å². The van der Waals surface area contributed by atoms with Gasteiger partial charge in [0.1, 0.15) is 17.4 Å². The number of nitrogens with one attached hydrogen (secondary N) is 1. The number of ether oxygens (including phenoxy) is 1. The molecule has 0 saturated carbocycles. The second-order valence-electron chi connectivity index (χ2n) is 5.07. The number of thiazole rings is 1. The predicted octanol–water partition coefficient (Wildman–Crippen LogP) is 3.93. The van der Waals surface area contributed by atoms with Gasteiger partial charge in [-0.3, -0.25) is 0 Å². The highest BCUT2D eigenvalue weighted by Crippen LogP contribution is 2.24. The summed E-state index contributed by atoms with van der Waals surface area (Å²) in [7, 11) is 1.97. The molecule has 4 heteroatoms. The summed E-state index contributed by atoms with van der Waals surface area (Å²) >= 11 is 1.71. The smallest absolute Gasteiger partial charge is 0.140 e. The highest BCUT2D eigenvalue weighted by molar-refractivity contribution is 7.11. The summed E-state index contributed by atoms with van der Waals surface area (Å²) in [6.07, 6.45) is 0. The lowest BCUT2D eigenvalue weighted by molar-refractivity contribution is 0.303. The summed E-state index contributed by atoms with van der Waals surface area (Å²) in [5.74, 6) is 0.933. The lowest BCUT2D eigenvalue weighted by Crippen LogP contribution is -2.12. The first-order valence-corrected chi connectivity index (χ1v) is 7.66. The molecular weight excluding hydrogens is 268 g/mol. The van der Waals surface area contributed by atoms with E-state index >= 15 is 0 Å². The van der Waals surface area contributed by atoms with Crippen LogP contribution in [0.4, 0.5) is 0 Å². The number of hydrogen-bond donors (Lipinski definition) is 1. The van der Waals surface area contributed by atoms with Crippen LogP contribution in [0.15, 0.2) is 18.2 Å². The molecule has 0 spiro atoms. The summed E-state index contributed by atoms with van der Waals surface area (Å²) in [5.41, 5.74) is 3.54. The van der Waals surface area contributed by atoms with Crippen LogP contribution in [0.25, 0.3) is 0 Å². The number of aryl methyl sites for hydroxylation is 3. The Kier molecular flexibility index (Phi) is 4.78. The molecule has 0 fully saturated rings. The van der Waals surface area contributed by atoms with Crippen LogP contribution >= 0.6 is 11.3 Å². The number of aromatic nitrogens is 1. The van der Waals surface area contributed by atoms with Crippen LogP contribution in [0, 0.1) is 20.8 Å². The van der Waals surface area contributed by atoms with E-state index in [1.807, 2.05) is 20.0 Å². The van der Waals surface area contributed by atoms with Gasteiger partial charge in [-0.15, -0.1) is 11.3 Å². The van der Waals surface area contributed by atoms with Crippen molar-refractivity contribution in [3.8, 4) is 5.75 Å². The highest BCUT2D eigenvalue weighted by Gasteiger charge is 2.08. The maximum atomic E-state index is 5.89. The highest BCUT2D eigenvalue weighted by atomic mass is 32.1. The molecule has 1 heterocycles. The van der Waals surface area contributed by atoms with Crippen LogP contribution in [-0.4, -0.2) is 12.0 Å². The van der Waals surface area contributed by atoms with Gasteiger partial charge in [0.2, 0.25) is 0 Å². The molecule has 0 bridgehead atoms. The van der Waals surface area contributed by atoms with Crippen molar-refractivity contribution < 1.29 is 4.74 Å². The van der Waals surface area contributed by atoms with Crippen molar-refractivity contribution in [2.24, 2.45) is 0 Å². The fraction of sp³-hybridized carbons (Fsp3) is 0.438. The molecule has 2 rings (SSSR count). The van der Waals surface area contributed by atoms with Gasteiger partial charge in [-0.1, -0.05) is 12.1 Å². The summed E-state index contributed by atoms with van der Waals surface area (Å²) < 4.78 is 5.89. The summed E-state index contributed by atoms with van der Waals surface area (Å²) in [4.78, 5) is 5.76. The van der Waals surface area contributed by atoms with Crippen molar-refractivity contribution in [3.05, 3.63) is 44.9 Å². The van der Waals surface area contributed by atoms with Crippen LogP contribution in [0.2, 0.25) is 0 Å². The fourth-order valence-corrected chi connectivity index (χ4v) is 2.86. The molecule has 0 amide bonds. The molecule has 2 aromatic rings. The number of nitrogens with zero attached hydrogens (tertiary/aromatic N) is 1. The second kappa shape index (κ2) is 6.37. The summed E-state index contributed by atoms with van der Waals surface area (Å²) in [5, 5.41) is 4.28. The molecule has 1 N–H and O–H groups in total. The topological polar surface area (TPSA) is 34.1 Å². The van der Waals surface area contributed by atoms with Crippen molar-refractivity contribution in [1.82, 2.24) is 10.3 Å². The fourth-order valence-electron chi connectivity index (χ4n) is 2.01. The van der Waals surface area contributed by atoms with Gasteiger partial charge in [0.05, 0.1) is 5.69 Å². The van der Waals surface area contributed by atoms with Gasteiger partial charge in [-0.25, -0.2) is 4.98 Å². The van der Waals surface area contributed by atoms with Gasteiger partial charge < -0.3 is 10.1 Å². The Labute approximate surface area is 125 Å². The molecule has 1 unspecified atom stereocenters. The minimum atomic E-state index is 0.354. The average molecular weight is 290 g/mol. The Morgan fingerprint density at radius 1 is 1.30 bits per heavy atom. The molecule has 0 aliphatic carbocycles. The first-order chi connectivity index (χ1) is 9.51. The predicted molar refractivity (Wildman–Crippen MR) is 84.6 cm³/mol. The quantitative estimate of drug-likeness (QED) is 0.906.